The number of benzene rings is 2. The van der Waals surface area contributed by atoms with E-state index in [4.69, 9.17) is 4.74 Å². The average Bonchev–Trinajstić information content (AvgIpc) is 3.29. The van der Waals surface area contributed by atoms with Crippen LogP contribution >= 0.6 is 11.3 Å². The summed E-state index contributed by atoms with van der Waals surface area (Å²) >= 11 is 1.05. The first kappa shape index (κ1) is 24.1. The molecule has 2 aromatic heterocycles. The average molecular weight is 497 g/mol. The van der Waals surface area contributed by atoms with Crippen molar-refractivity contribution in [3.05, 3.63) is 89.1 Å². The van der Waals surface area contributed by atoms with Crippen molar-refractivity contribution in [3.8, 4) is 0 Å². The Hall–Kier alpha value is -4.05. The number of halogens is 3. The summed E-state index contributed by atoms with van der Waals surface area (Å²) < 4.78 is 44.4. The Morgan fingerprint density at radius 3 is 2.63 bits per heavy atom. The number of hydrogen-bond acceptors (Lipinski definition) is 6. The third-order valence-corrected chi connectivity index (χ3v) is 5.72. The number of carbonyl (C=O) groups is 2. The van der Waals surface area contributed by atoms with Crippen LogP contribution in [0.4, 0.5) is 24.0 Å². The highest BCUT2D eigenvalue weighted by molar-refractivity contribution is 7.14. The highest BCUT2D eigenvalue weighted by Gasteiger charge is 2.31. The van der Waals surface area contributed by atoms with Gasteiger partial charge >= 0.3 is 12.1 Å². The van der Waals surface area contributed by atoms with E-state index >= 15 is 0 Å². The molecule has 0 atom stereocenters. The summed E-state index contributed by atoms with van der Waals surface area (Å²) in [4.78, 5) is 34.1. The maximum Gasteiger partial charge on any atom is 0.416 e. The quantitative estimate of drug-likeness (QED) is 0.236. The number of rotatable bonds is 6. The second-order valence-corrected chi connectivity index (χ2v) is 8.23. The van der Waals surface area contributed by atoms with E-state index in [2.05, 4.69) is 9.97 Å². The summed E-state index contributed by atoms with van der Waals surface area (Å²) in [6.07, 6.45) is -1.77. The summed E-state index contributed by atoms with van der Waals surface area (Å²) in [5.74, 6) is -1.12. The minimum Gasteiger partial charge on any atom is -0.456 e. The molecule has 0 unspecified atom stereocenters. The lowest BCUT2D eigenvalue weighted by molar-refractivity contribution is -0.139. The van der Waals surface area contributed by atoms with Crippen LogP contribution in [0.3, 0.4) is 0 Å². The third kappa shape index (κ3) is 5.90. The van der Waals surface area contributed by atoms with Gasteiger partial charge in [0, 0.05) is 23.8 Å². The largest absolute Gasteiger partial charge is 0.456 e. The van der Waals surface area contributed by atoms with Gasteiger partial charge in [0.1, 0.15) is 6.61 Å². The molecule has 6 nitrogen and oxygen atoms in total. The molecule has 178 valence electrons. The normalized spacial score (nSPS) is 11.7. The van der Waals surface area contributed by atoms with Crippen LogP contribution in [0.1, 0.15) is 23.9 Å². The number of hydrogen-bond donors (Lipinski definition) is 0. The molecule has 0 radical (unpaired) electrons. The number of esters is 1. The van der Waals surface area contributed by atoms with Crippen molar-refractivity contribution < 1.29 is 27.5 Å². The highest BCUT2D eigenvalue weighted by atomic mass is 32.1. The van der Waals surface area contributed by atoms with Gasteiger partial charge in [-0.05, 0) is 36.4 Å². The monoisotopic (exact) mass is 497 g/mol. The van der Waals surface area contributed by atoms with E-state index in [0.717, 1.165) is 39.3 Å². The number of pyridine rings is 1. The van der Waals surface area contributed by atoms with Crippen LogP contribution in [-0.2, 0) is 27.1 Å². The van der Waals surface area contributed by atoms with Gasteiger partial charge in [0.05, 0.1) is 28.2 Å². The van der Waals surface area contributed by atoms with Gasteiger partial charge in [0.2, 0.25) is 5.91 Å². The zero-order valence-electron chi connectivity index (χ0n) is 18.3. The number of thiazole rings is 1. The van der Waals surface area contributed by atoms with Gasteiger partial charge in [-0.3, -0.25) is 9.69 Å². The van der Waals surface area contributed by atoms with E-state index in [1.807, 2.05) is 30.3 Å². The zero-order chi connectivity index (χ0) is 25.0. The van der Waals surface area contributed by atoms with Gasteiger partial charge in [-0.1, -0.05) is 30.3 Å². The second-order valence-electron chi connectivity index (χ2n) is 7.39. The third-order valence-electron chi connectivity index (χ3n) is 4.85. The van der Waals surface area contributed by atoms with Crippen LogP contribution in [0.15, 0.2) is 72.1 Å². The van der Waals surface area contributed by atoms with E-state index in [1.54, 1.807) is 11.4 Å². The molecule has 0 saturated heterocycles. The molecule has 4 rings (SSSR count). The summed E-state index contributed by atoms with van der Waals surface area (Å²) in [6, 6.07) is 15.7. The summed E-state index contributed by atoms with van der Waals surface area (Å²) in [7, 11) is 0. The van der Waals surface area contributed by atoms with Crippen LogP contribution in [0.5, 0.6) is 0 Å². The molecule has 0 aliphatic carbocycles. The Kier molecular flexibility index (Phi) is 6.92. The van der Waals surface area contributed by atoms with Gasteiger partial charge in [0.15, 0.2) is 5.13 Å². The van der Waals surface area contributed by atoms with Crippen LogP contribution in [0.2, 0.25) is 0 Å². The lowest BCUT2D eigenvalue weighted by Crippen LogP contribution is -2.23. The topological polar surface area (TPSA) is 72.4 Å². The summed E-state index contributed by atoms with van der Waals surface area (Å²) in [5, 5.41) is 2.72. The molecule has 4 aromatic rings. The first-order valence-corrected chi connectivity index (χ1v) is 11.2. The summed E-state index contributed by atoms with van der Waals surface area (Å²) in [6.45, 7) is 1.06. The molecule has 0 aliphatic heterocycles. The molecule has 0 aliphatic rings. The predicted molar refractivity (Wildman–Crippen MR) is 127 cm³/mol. The Morgan fingerprint density at radius 1 is 1.06 bits per heavy atom. The van der Waals surface area contributed by atoms with Crippen molar-refractivity contribution in [2.24, 2.45) is 0 Å². The molecule has 2 aromatic carbocycles. The fraction of sp³-hybridized carbons (Fsp3) is 0.120. The number of nitrogens with zero attached hydrogens (tertiary/aromatic N) is 3. The molecule has 1 amide bonds. The molecule has 0 bridgehead atoms. The number of alkyl halides is 3. The van der Waals surface area contributed by atoms with Crippen LogP contribution in [0.25, 0.3) is 17.0 Å². The number of para-hydroxylation sites is 1. The Labute approximate surface area is 202 Å². The maximum atomic E-state index is 13.1. The number of aromatic nitrogens is 2. The van der Waals surface area contributed by atoms with Gasteiger partial charge < -0.3 is 4.74 Å². The van der Waals surface area contributed by atoms with E-state index < -0.39 is 23.6 Å². The molecule has 2 heterocycles. The fourth-order valence-electron chi connectivity index (χ4n) is 3.23. The second kappa shape index (κ2) is 10.1. The lowest BCUT2D eigenvalue weighted by atomic mass is 10.2. The molecular formula is C25H18F3N3O3S. The van der Waals surface area contributed by atoms with Crippen molar-refractivity contribution in [2.45, 2.75) is 19.7 Å². The van der Waals surface area contributed by atoms with Crippen molar-refractivity contribution in [1.29, 1.82) is 0 Å². The van der Waals surface area contributed by atoms with Gasteiger partial charge in [0.25, 0.3) is 0 Å². The number of ether oxygens (including phenoxy) is 1. The molecule has 10 heteroatoms. The van der Waals surface area contributed by atoms with Crippen molar-refractivity contribution in [1.82, 2.24) is 9.97 Å². The SMILES string of the molecule is CC(=O)N(c1cccc(C(F)(F)F)c1)c1nc(COC(=O)/C=C/c2ccc3ccccc3n2)cs1. The minimum atomic E-state index is -4.55. The van der Waals surface area contributed by atoms with Crippen LogP contribution < -0.4 is 4.90 Å². The standard InChI is InChI=1S/C25H18F3N3O3S/c1-16(32)31(21-7-4-6-18(13-21)25(26,27)28)24-30-20(15-35-24)14-34-23(33)12-11-19-10-9-17-5-2-3-8-22(17)29-19/h2-13,15H,14H2,1H3/b12-11+. The van der Waals surface area contributed by atoms with Gasteiger partial charge in [-0.2, -0.15) is 13.2 Å². The minimum absolute atomic E-state index is 0.0380. The smallest absolute Gasteiger partial charge is 0.416 e. The molecule has 35 heavy (non-hydrogen) atoms. The van der Waals surface area contributed by atoms with Crippen molar-refractivity contribution in [3.63, 3.8) is 0 Å². The highest BCUT2D eigenvalue weighted by Crippen LogP contribution is 2.35. The summed E-state index contributed by atoms with van der Waals surface area (Å²) in [5.41, 5.74) is 0.910. The molecule has 0 fully saturated rings. The molecular weight excluding hydrogens is 479 g/mol. The number of carbonyl (C=O) groups excluding carboxylic acids is 2. The van der Waals surface area contributed by atoms with E-state index in [1.165, 1.54) is 31.2 Å². The molecule has 0 N–H and O–H groups in total. The Bertz CT molecular complexity index is 1420. The molecule has 0 spiro atoms. The molecule has 0 saturated carbocycles. The lowest BCUT2D eigenvalue weighted by Gasteiger charge is -2.19. The maximum absolute atomic E-state index is 13.1. The van der Waals surface area contributed by atoms with E-state index in [0.29, 0.717) is 11.4 Å². The van der Waals surface area contributed by atoms with Crippen molar-refractivity contribution >= 4 is 51.0 Å². The first-order valence-electron chi connectivity index (χ1n) is 10.3. The number of anilines is 2. The van der Waals surface area contributed by atoms with Gasteiger partial charge in [-0.15, -0.1) is 11.3 Å². The zero-order valence-corrected chi connectivity index (χ0v) is 19.1. The number of amides is 1. The number of fused-ring (bicyclic) bond motifs is 1. The van der Waals surface area contributed by atoms with E-state index in [-0.39, 0.29) is 17.4 Å². The fourth-order valence-corrected chi connectivity index (χ4v) is 4.11. The Morgan fingerprint density at radius 2 is 1.86 bits per heavy atom. The van der Waals surface area contributed by atoms with E-state index in [9.17, 15) is 22.8 Å². The van der Waals surface area contributed by atoms with Crippen LogP contribution in [0, 0.1) is 0 Å². The van der Waals surface area contributed by atoms with Crippen molar-refractivity contribution in [2.75, 3.05) is 4.90 Å². The predicted octanol–water partition coefficient (Wildman–Crippen LogP) is 6.15. The van der Waals surface area contributed by atoms with Crippen LogP contribution in [-0.4, -0.2) is 21.8 Å². The first-order chi connectivity index (χ1) is 16.7. The Balaban J connectivity index is 1.42. The van der Waals surface area contributed by atoms with Gasteiger partial charge in [-0.25, -0.2) is 14.8 Å².